The van der Waals surface area contributed by atoms with E-state index in [-0.39, 0.29) is 5.91 Å². The summed E-state index contributed by atoms with van der Waals surface area (Å²) in [6.07, 6.45) is 4.32. The molecule has 2 aromatic heterocycles. The number of benzene rings is 1. The number of carbonyl (C=O) groups is 1. The average Bonchev–Trinajstić information content (AvgIpc) is 3.41. The maximum absolute atomic E-state index is 12.8. The van der Waals surface area contributed by atoms with Crippen LogP contribution in [0.4, 0.5) is 0 Å². The van der Waals surface area contributed by atoms with E-state index in [9.17, 15) is 4.79 Å². The van der Waals surface area contributed by atoms with Gasteiger partial charge < -0.3 is 9.84 Å². The molecule has 3 aromatic rings. The largest absolute Gasteiger partial charge is 0.361 e. The molecule has 1 N–H and O–H groups in total. The Bertz CT molecular complexity index is 1010. The first-order valence-corrected chi connectivity index (χ1v) is 11.7. The topological polar surface area (TPSA) is 71.3 Å². The highest BCUT2D eigenvalue weighted by Gasteiger charge is 2.16. The van der Waals surface area contributed by atoms with Gasteiger partial charge in [-0.15, -0.1) is 11.8 Å². The van der Waals surface area contributed by atoms with Crippen LogP contribution < -0.4 is 5.32 Å². The number of thioether (sulfide) groups is 1. The SMILES string of the molecule is Cc1noc(C)c1CSc1ncccc1C(=O)NCc1ccc(CN2CCCC2)cc1. The molecule has 7 heteroatoms. The van der Waals surface area contributed by atoms with Crippen molar-refractivity contribution in [1.82, 2.24) is 20.4 Å². The predicted molar refractivity (Wildman–Crippen MR) is 122 cm³/mol. The van der Waals surface area contributed by atoms with Crippen molar-refractivity contribution in [2.75, 3.05) is 13.1 Å². The molecule has 6 nitrogen and oxygen atoms in total. The lowest BCUT2D eigenvalue weighted by atomic mass is 10.1. The molecule has 1 aliphatic rings. The molecule has 1 aromatic carbocycles. The predicted octanol–water partition coefficient (Wildman–Crippen LogP) is 4.50. The van der Waals surface area contributed by atoms with Gasteiger partial charge in [-0.25, -0.2) is 4.98 Å². The minimum atomic E-state index is -0.115. The maximum Gasteiger partial charge on any atom is 0.254 e. The molecule has 1 amide bonds. The van der Waals surface area contributed by atoms with Crippen LogP contribution >= 0.6 is 11.8 Å². The summed E-state index contributed by atoms with van der Waals surface area (Å²) >= 11 is 1.52. The molecule has 0 spiro atoms. The summed E-state index contributed by atoms with van der Waals surface area (Å²) in [5.74, 6) is 1.35. The quantitative estimate of drug-likeness (QED) is 0.524. The standard InChI is InChI=1S/C24H28N4O2S/c1-17-22(18(2)30-27-17)16-31-24-21(6-5-11-25-24)23(29)26-14-19-7-9-20(10-8-19)15-28-12-3-4-13-28/h5-11H,3-4,12-16H2,1-2H3,(H,26,29). The van der Waals surface area contributed by atoms with E-state index in [1.165, 1.54) is 43.3 Å². The van der Waals surface area contributed by atoms with E-state index >= 15 is 0 Å². The first-order valence-electron chi connectivity index (χ1n) is 10.7. The highest BCUT2D eigenvalue weighted by molar-refractivity contribution is 7.98. The van der Waals surface area contributed by atoms with E-state index in [1.807, 2.05) is 19.9 Å². The van der Waals surface area contributed by atoms with Crippen LogP contribution in [0.15, 0.2) is 52.1 Å². The summed E-state index contributed by atoms with van der Waals surface area (Å²) in [5, 5.41) is 7.73. The summed E-state index contributed by atoms with van der Waals surface area (Å²) in [6, 6.07) is 12.1. The fourth-order valence-electron chi connectivity index (χ4n) is 3.77. The number of hydrogen-bond donors (Lipinski definition) is 1. The first kappa shape index (κ1) is 21.6. The van der Waals surface area contributed by atoms with Crippen molar-refractivity contribution in [1.29, 1.82) is 0 Å². The molecule has 162 valence electrons. The van der Waals surface area contributed by atoms with Gasteiger partial charge in [-0.1, -0.05) is 29.4 Å². The highest BCUT2D eigenvalue weighted by atomic mass is 32.2. The molecule has 3 heterocycles. The fourth-order valence-corrected chi connectivity index (χ4v) is 4.91. The van der Waals surface area contributed by atoms with Crippen molar-refractivity contribution in [3.8, 4) is 0 Å². The number of amides is 1. The average molecular weight is 437 g/mol. The molecule has 1 saturated heterocycles. The van der Waals surface area contributed by atoms with Crippen molar-refractivity contribution in [3.05, 3.63) is 76.3 Å². The van der Waals surface area contributed by atoms with Crippen LogP contribution in [0.2, 0.25) is 0 Å². The third-order valence-electron chi connectivity index (χ3n) is 5.63. The lowest BCUT2D eigenvalue weighted by molar-refractivity contribution is 0.0947. The Balaban J connectivity index is 1.34. The zero-order chi connectivity index (χ0) is 21.6. The van der Waals surface area contributed by atoms with E-state index in [1.54, 1.807) is 12.3 Å². The molecule has 1 aliphatic heterocycles. The Labute approximate surface area is 187 Å². The number of hydrogen-bond acceptors (Lipinski definition) is 6. The Morgan fingerprint density at radius 2 is 1.87 bits per heavy atom. The molecule has 1 fully saturated rings. The van der Waals surface area contributed by atoms with Crippen molar-refractivity contribution in [3.63, 3.8) is 0 Å². The van der Waals surface area contributed by atoms with E-state index in [0.717, 1.165) is 29.1 Å². The Morgan fingerprint density at radius 3 is 2.58 bits per heavy atom. The van der Waals surface area contributed by atoms with Crippen LogP contribution in [0.5, 0.6) is 0 Å². The molecule has 0 bridgehead atoms. The van der Waals surface area contributed by atoms with Gasteiger partial charge in [0.1, 0.15) is 10.8 Å². The number of carbonyl (C=O) groups excluding carboxylic acids is 1. The minimum absolute atomic E-state index is 0.115. The van der Waals surface area contributed by atoms with Crippen LogP contribution in [0.1, 0.15) is 51.3 Å². The number of rotatable bonds is 8. The van der Waals surface area contributed by atoms with Gasteiger partial charge in [0, 0.05) is 30.6 Å². The van der Waals surface area contributed by atoms with Crippen LogP contribution in [-0.2, 0) is 18.8 Å². The van der Waals surface area contributed by atoms with Crippen LogP contribution in [0, 0.1) is 13.8 Å². The van der Waals surface area contributed by atoms with Crippen molar-refractivity contribution in [2.24, 2.45) is 0 Å². The molecular weight excluding hydrogens is 408 g/mol. The fraction of sp³-hybridized carbons (Fsp3) is 0.375. The smallest absolute Gasteiger partial charge is 0.254 e. The third kappa shape index (κ3) is 5.54. The summed E-state index contributed by atoms with van der Waals surface area (Å²) in [6.45, 7) is 7.71. The second-order valence-corrected chi connectivity index (χ2v) is 8.89. The molecule has 0 aliphatic carbocycles. The van der Waals surface area contributed by atoms with Gasteiger partial charge in [-0.05, 0) is 63.0 Å². The van der Waals surface area contributed by atoms with E-state index in [4.69, 9.17) is 4.52 Å². The number of aromatic nitrogens is 2. The first-order chi connectivity index (χ1) is 15.1. The maximum atomic E-state index is 12.8. The Kier molecular flexibility index (Phi) is 7.04. The summed E-state index contributed by atoms with van der Waals surface area (Å²) < 4.78 is 5.23. The molecular formula is C24H28N4O2S. The number of aryl methyl sites for hydroxylation is 2. The van der Waals surface area contributed by atoms with Crippen molar-refractivity contribution < 1.29 is 9.32 Å². The lowest BCUT2D eigenvalue weighted by Crippen LogP contribution is -2.23. The van der Waals surface area contributed by atoms with Gasteiger partial charge in [0.25, 0.3) is 5.91 Å². The third-order valence-corrected chi connectivity index (χ3v) is 6.66. The van der Waals surface area contributed by atoms with Gasteiger partial charge in [-0.2, -0.15) is 0 Å². The van der Waals surface area contributed by atoms with Crippen molar-refractivity contribution in [2.45, 2.75) is 50.6 Å². The minimum Gasteiger partial charge on any atom is -0.361 e. The van der Waals surface area contributed by atoms with Crippen LogP contribution in [-0.4, -0.2) is 34.0 Å². The zero-order valence-corrected chi connectivity index (χ0v) is 18.9. The zero-order valence-electron chi connectivity index (χ0n) is 18.1. The van der Waals surface area contributed by atoms with Crippen molar-refractivity contribution >= 4 is 17.7 Å². The summed E-state index contributed by atoms with van der Waals surface area (Å²) in [7, 11) is 0. The molecule has 0 atom stereocenters. The van der Waals surface area contributed by atoms with Gasteiger partial charge in [0.05, 0.1) is 11.3 Å². The normalized spacial score (nSPS) is 14.1. The molecule has 0 unspecified atom stereocenters. The van der Waals surface area contributed by atoms with E-state index in [0.29, 0.717) is 22.9 Å². The summed E-state index contributed by atoms with van der Waals surface area (Å²) in [5.41, 5.74) is 4.93. The van der Waals surface area contributed by atoms with Gasteiger partial charge in [-0.3, -0.25) is 9.69 Å². The highest BCUT2D eigenvalue weighted by Crippen LogP contribution is 2.27. The van der Waals surface area contributed by atoms with Gasteiger partial charge in [0.15, 0.2) is 0 Å². The van der Waals surface area contributed by atoms with Gasteiger partial charge >= 0.3 is 0 Å². The second-order valence-electron chi connectivity index (χ2n) is 7.93. The van der Waals surface area contributed by atoms with Crippen LogP contribution in [0.3, 0.4) is 0 Å². The Hall–Kier alpha value is -2.64. The van der Waals surface area contributed by atoms with Gasteiger partial charge in [0.2, 0.25) is 0 Å². The second kappa shape index (κ2) is 10.1. The Morgan fingerprint density at radius 1 is 1.13 bits per heavy atom. The lowest BCUT2D eigenvalue weighted by Gasteiger charge is -2.15. The monoisotopic (exact) mass is 436 g/mol. The molecule has 4 rings (SSSR count). The molecule has 0 radical (unpaired) electrons. The number of likely N-dealkylation sites (tertiary alicyclic amines) is 1. The number of nitrogens with zero attached hydrogens (tertiary/aromatic N) is 3. The molecule has 0 saturated carbocycles. The van der Waals surface area contributed by atoms with E-state index in [2.05, 4.69) is 44.6 Å². The molecule has 31 heavy (non-hydrogen) atoms. The van der Waals surface area contributed by atoms with E-state index < -0.39 is 0 Å². The number of nitrogens with one attached hydrogen (secondary N) is 1. The van der Waals surface area contributed by atoms with Crippen LogP contribution in [0.25, 0.3) is 0 Å². The summed E-state index contributed by atoms with van der Waals surface area (Å²) in [4.78, 5) is 19.7. The number of pyridine rings is 1.